The molecule has 0 saturated carbocycles. The summed E-state index contributed by atoms with van der Waals surface area (Å²) in [6.07, 6.45) is 1.12. The lowest BCUT2D eigenvalue weighted by Gasteiger charge is -2.02. The maximum absolute atomic E-state index is 12.8. The molecule has 0 N–H and O–H groups in total. The molecular formula is C14H16FNS2. The first-order chi connectivity index (χ1) is 8.69. The van der Waals surface area contributed by atoms with Crippen LogP contribution in [-0.2, 0) is 5.75 Å². The lowest BCUT2D eigenvalue weighted by molar-refractivity contribution is 0.626. The van der Waals surface area contributed by atoms with Crippen molar-refractivity contribution in [2.75, 3.05) is 0 Å². The lowest BCUT2D eigenvalue weighted by Crippen LogP contribution is -1.91. The number of aromatic nitrogens is 1. The number of benzene rings is 1. The second-order valence-corrected chi connectivity index (χ2v) is 6.21. The summed E-state index contributed by atoms with van der Waals surface area (Å²) in [5, 5.41) is 3.29. The summed E-state index contributed by atoms with van der Waals surface area (Å²) >= 11 is 3.41. The third-order valence-corrected chi connectivity index (χ3v) is 4.94. The highest BCUT2D eigenvalue weighted by atomic mass is 32.2. The Hall–Kier alpha value is -0.870. The minimum atomic E-state index is -0.187. The molecule has 96 valence electrons. The van der Waals surface area contributed by atoms with E-state index >= 15 is 0 Å². The average Bonchev–Trinajstić information content (AvgIpc) is 2.86. The van der Waals surface area contributed by atoms with Crippen LogP contribution in [0, 0.1) is 5.82 Å². The third kappa shape index (κ3) is 3.56. The summed E-state index contributed by atoms with van der Waals surface area (Å²) in [5.41, 5.74) is 1.19. The maximum Gasteiger partial charge on any atom is 0.123 e. The Morgan fingerprint density at radius 2 is 2.06 bits per heavy atom. The molecule has 0 fully saturated rings. The highest BCUT2D eigenvalue weighted by Crippen LogP contribution is 2.27. The normalized spacial score (nSPS) is 12.6. The Morgan fingerprint density at radius 1 is 1.33 bits per heavy atom. The fourth-order valence-electron chi connectivity index (χ4n) is 1.50. The van der Waals surface area contributed by atoms with Gasteiger partial charge < -0.3 is 0 Å². The van der Waals surface area contributed by atoms with Gasteiger partial charge in [-0.1, -0.05) is 13.8 Å². The Kier molecular flexibility index (Phi) is 4.78. The van der Waals surface area contributed by atoms with Crippen LogP contribution in [0.2, 0.25) is 0 Å². The molecule has 1 atom stereocenters. The highest BCUT2D eigenvalue weighted by Gasteiger charge is 2.08. The van der Waals surface area contributed by atoms with Gasteiger partial charge in [0.25, 0.3) is 0 Å². The first-order valence-corrected chi connectivity index (χ1v) is 7.88. The van der Waals surface area contributed by atoms with Crippen LogP contribution < -0.4 is 0 Å². The van der Waals surface area contributed by atoms with Gasteiger partial charge in [0.1, 0.15) is 10.8 Å². The first-order valence-electron chi connectivity index (χ1n) is 6.01. The van der Waals surface area contributed by atoms with Crippen molar-refractivity contribution in [2.45, 2.75) is 36.8 Å². The van der Waals surface area contributed by atoms with E-state index < -0.39 is 0 Å². The number of rotatable bonds is 5. The van der Waals surface area contributed by atoms with Gasteiger partial charge in [-0.15, -0.1) is 23.1 Å². The van der Waals surface area contributed by atoms with Gasteiger partial charge in [-0.2, -0.15) is 0 Å². The van der Waals surface area contributed by atoms with Crippen LogP contribution in [0.4, 0.5) is 4.39 Å². The minimum absolute atomic E-state index is 0.187. The Labute approximate surface area is 115 Å². The topological polar surface area (TPSA) is 12.9 Å². The van der Waals surface area contributed by atoms with E-state index in [2.05, 4.69) is 24.2 Å². The molecule has 2 rings (SSSR count). The predicted octanol–water partition coefficient (Wildman–Crippen LogP) is 5.09. The summed E-state index contributed by atoms with van der Waals surface area (Å²) in [5.74, 6) is 1.20. The van der Waals surface area contributed by atoms with Crippen molar-refractivity contribution in [3.8, 4) is 0 Å². The van der Waals surface area contributed by atoms with Crippen LogP contribution in [0.5, 0.6) is 0 Å². The van der Waals surface area contributed by atoms with E-state index in [4.69, 9.17) is 0 Å². The Balaban J connectivity index is 1.94. The third-order valence-electron chi connectivity index (χ3n) is 2.86. The molecule has 18 heavy (non-hydrogen) atoms. The van der Waals surface area contributed by atoms with Gasteiger partial charge in [-0.05, 0) is 36.6 Å². The van der Waals surface area contributed by atoms with Crippen LogP contribution in [0.1, 0.15) is 36.9 Å². The van der Waals surface area contributed by atoms with E-state index in [-0.39, 0.29) is 5.82 Å². The molecule has 0 bridgehead atoms. The van der Waals surface area contributed by atoms with Gasteiger partial charge >= 0.3 is 0 Å². The molecule has 1 unspecified atom stereocenters. The fourth-order valence-corrected chi connectivity index (χ4v) is 3.33. The molecule has 2 aromatic rings. The van der Waals surface area contributed by atoms with E-state index in [0.29, 0.717) is 5.92 Å². The summed E-state index contributed by atoms with van der Waals surface area (Å²) < 4.78 is 12.8. The number of halogens is 1. The minimum Gasteiger partial charge on any atom is -0.245 e. The van der Waals surface area contributed by atoms with Crippen molar-refractivity contribution >= 4 is 23.1 Å². The summed E-state index contributed by atoms with van der Waals surface area (Å²) in [6, 6.07) is 6.61. The fraction of sp³-hybridized carbons (Fsp3) is 0.357. The van der Waals surface area contributed by atoms with E-state index in [0.717, 1.165) is 22.1 Å². The molecule has 1 nitrogen and oxygen atoms in total. The van der Waals surface area contributed by atoms with Crippen LogP contribution in [-0.4, -0.2) is 4.98 Å². The van der Waals surface area contributed by atoms with E-state index in [1.807, 2.05) is 12.1 Å². The second kappa shape index (κ2) is 6.34. The SMILES string of the molecule is CCC(C)c1csc(CSc2ccc(F)cc2)n1. The second-order valence-electron chi connectivity index (χ2n) is 4.22. The number of thioether (sulfide) groups is 1. The van der Waals surface area contributed by atoms with Crippen LogP contribution >= 0.6 is 23.1 Å². The summed E-state index contributed by atoms with van der Waals surface area (Å²) in [7, 11) is 0. The first kappa shape index (κ1) is 13.6. The molecule has 0 aliphatic carbocycles. The number of hydrogen-bond donors (Lipinski definition) is 0. The molecule has 0 amide bonds. The standard InChI is InChI=1S/C14H16FNS2/c1-3-10(2)13-8-18-14(16-13)9-17-12-6-4-11(15)5-7-12/h4-8,10H,3,9H2,1-2H3. The highest BCUT2D eigenvalue weighted by molar-refractivity contribution is 7.98. The van der Waals surface area contributed by atoms with Gasteiger partial charge in [0.2, 0.25) is 0 Å². The van der Waals surface area contributed by atoms with Gasteiger partial charge in [-0.3, -0.25) is 0 Å². The van der Waals surface area contributed by atoms with Crippen molar-refractivity contribution in [3.63, 3.8) is 0 Å². The molecular weight excluding hydrogens is 265 g/mol. The molecule has 0 aliphatic rings. The van der Waals surface area contributed by atoms with E-state index in [9.17, 15) is 4.39 Å². The van der Waals surface area contributed by atoms with Gasteiger partial charge in [0.15, 0.2) is 0 Å². The summed E-state index contributed by atoms with van der Waals surface area (Å²) in [4.78, 5) is 5.72. The Bertz CT molecular complexity index is 493. The number of nitrogens with zero attached hydrogens (tertiary/aromatic N) is 1. The van der Waals surface area contributed by atoms with Gasteiger partial charge in [-0.25, -0.2) is 9.37 Å². The number of thiazole rings is 1. The van der Waals surface area contributed by atoms with Crippen molar-refractivity contribution in [3.05, 3.63) is 46.2 Å². The summed E-state index contributed by atoms with van der Waals surface area (Å²) in [6.45, 7) is 4.38. The molecule has 1 heterocycles. The number of hydrogen-bond acceptors (Lipinski definition) is 3. The molecule has 4 heteroatoms. The lowest BCUT2D eigenvalue weighted by atomic mass is 10.1. The van der Waals surface area contributed by atoms with Crippen molar-refractivity contribution in [2.24, 2.45) is 0 Å². The van der Waals surface area contributed by atoms with Crippen LogP contribution in [0.3, 0.4) is 0 Å². The largest absolute Gasteiger partial charge is 0.245 e. The zero-order chi connectivity index (χ0) is 13.0. The molecule has 1 aromatic heterocycles. The van der Waals surface area contributed by atoms with E-state index in [1.165, 1.54) is 17.8 Å². The van der Waals surface area contributed by atoms with E-state index in [1.54, 1.807) is 23.1 Å². The van der Waals surface area contributed by atoms with Crippen LogP contribution in [0.15, 0.2) is 34.5 Å². The average molecular weight is 281 g/mol. The monoisotopic (exact) mass is 281 g/mol. The van der Waals surface area contributed by atoms with Gasteiger partial charge in [0.05, 0.1) is 11.4 Å². The van der Waals surface area contributed by atoms with Crippen molar-refractivity contribution in [1.82, 2.24) is 4.98 Å². The zero-order valence-corrected chi connectivity index (χ0v) is 12.2. The van der Waals surface area contributed by atoms with Crippen molar-refractivity contribution < 1.29 is 4.39 Å². The van der Waals surface area contributed by atoms with Crippen LogP contribution in [0.25, 0.3) is 0 Å². The van der Waals surface area contributed by atoms with Gasteiger partial charge in [0, 0.05) is 10.3 Å². The predicted molar refractivity (Wildman–Crippen MR) is 76.8 cm³/mol. The maximum atomic E-state index is 12.8. The molecule has 0 aliphatic heterocycles. The quantitative estimate of drug-likeness (QED) is 0.708. The molecule has 0 radical (unpaired) electrons. The molecule has 0 saturated heterocycles. The van der Waals surface area contributed by atoms with Crippen molar-refractivity contribution in [1.29, 1.82) is 0 Å². The molecule has 1 aromatic carbocycles. The smallest absolute Gasteiger partial charge is 0.123 e. The zero-order valence-electron chi connectivity index (χ0n) is 10.5. The Morgan fingerprint density at radius 3 is 2.72 bits per heavy atom. The molecule has 0 spiro atoms.